The minimum absolute atomic E-state index is 0.201. The van der Waals surface area contributed by atoms with Gasteiger partial charge in [-0.1, -0.05) is 42.5 Å². The minimum Gasteiger partial charge on any atom is -0.497 e. The van der Waals surface area contributed by atoms with Crippen molar-refractivity contribution < 1.29 is 23.4 Å². The van der Waals surface area contributed by atoms with Crippen LogP contribution in [0.1, 0.15) is 16.7 Å². The molecule has 5 rings (SSSR count). The van der Waals surface area contributed by atoms with Crippen molar-refractivity contribution in [1.29, 1.82) is 5.26 Å². The van der Waals surface area contributed by atoms with Gasteiger partial charge in [0, 0.05) is 17.3 Å². The van der Waals surface area contributed by atoms with Gasteiger partial charge in [-0.05, 0) is 71.3 Å². The molecule has 4 aromatic carbocycles. The molecule has 0 amide bonds. The Morgan fingerprint density at radius 3 is 2.02 bits per heavy atom. The molecule has 7 nitrogen and oxygen atoms in total. The van der Waals surface area contributed by atoms with E-state index in [0.717, 1.165) is 28.0 Å². The SMILES string of the molecule is COc1ccc(-c2oc(N=Cc3ccc(OCc4ccccc4)c(OC)c3)c(C#N)c2-c2ccc(OC)cc2)cc1. The van der Waals surface area contributed by atoms with E-state index in [2.05, 4.69) is 11.1 Å². The van der Waals surface area contributed by atoms with Crippen LogP contribution in [0.3, 0.4) is 0 Å². The van der Waals surface area contributed by atoms with E-state index in [9.17, 15) is 5.26 Å². The topological polar surface area (TPSA) is 86.2 Å². The predicted octanol–water partition coefficient (Wildman–Crippen LogP) is 7.84. The van der Waals surface area contributed by atoms with E-state index >= 15 is 0 Å². The number of nitriles is 1. The monoisotopic (exact) mass is 544 g/mol. The highest BCUT2D eigenvalue weighted by atomic mass is 16.5. The van der Waals surface area contributed by atoms with Crippen LogP contribution >= 0.6 is 0 Å². The number of hydrogen-bond acceptors (Lipinski definition) is 7. The van der Waals surface area contributed by atoms with Crippen molar-refractivity contribution in [1.82, 2.24) is 0 Å². The molecule has 0 saturated carbocycles. The zero-order valence-corrected chi connectivity index (χ0v) is 23.0. The van der Waals surface area contributed by atoms with Crippen LogP contribution in [-0.2, 0) is 6.61 Å². The third kappa shape index (κ3) is 6.07. The number of furan rings is 1. The van der Waals surface area contributed by atoms with Crippen molar-refractivity contribution in [3.8, 4) is 51.5 Å². The molecule has 0 N–H and O–H groups in total. The number of hydrogen-bond donors (Lipinski definition) is 0. The summed E-state index contributed by atoms with van der Waals surface area (Å²) in [6.45, 7) is 0.421. The largest absolute Gasteiger partial charge is 0.497 e. The Morgan fingerprint density at radius 1 is 0.756 bits per heavy atom. The average molecular weight is 545 g/mol. The van der Waals surface area contributed by atoms with Gasteiger partial charge < -0.3 is 23.4 Å². The molecule has 204 valence electrons. The molecule has 41 heavy (non-hydrogen) atoms. The Bertz CT molecular complexity index is 1680. The van der Waals surface area contributed by atoms with E-state index in [1.54, 1.807) is 27.5 Å². The van der Waals surface area contributed by atoms with Gasteiger partial charge in [0.1, 0.15) is 35.5 Å². The second-order valence-electron chi connectivity index (χ2n) is 9.00. The molecular weight excluding hydrogens is 516 g/mol. The van der Waals surface area contributed by atoms with Crippen LogP contribution in [0.25, 0.3) is 22.5 Å². The van der Waals surface area contributed by atoms with E-state index < -0.39 is 0 Å². The molecule has 0 aliphatic rings. The molecule has 7 heteroatoms. The van der Waals surface area contributed by atoms with Gasteiger partial charge >= 0.3 is 0 Å². The number of benzene rings is 4. The number of aliphatic imine (C=N–C) groups is 1. The highest BCUT2D eigenvalue weighted by molar-refractivity contribution is 5.90. The summed E-state index contributed by atoms with van der Waals surface area (Å²) in [5.74, 6) is 3.35. The number of methoxy groups -OCH3 is 3. The normalized spacial score (nSPS) is 10.8. The lowest BCUT2D eigenvalue weighted by atomic mass is 9.98. The second kappa shape index (κ2) is 12.6. The Morgan fingerprint density at radius 2 is 1.41 bits per heavy atom. The maximum atomic E-state index is 10.2. The summed E-state index contributed by atoms with van der Waals surface area (Å²) in [4.78, 5) is 4.59. The molecule has 1 heterocycles. The Labute approximate surface area is 238 Å². The third-order valence-corrected chi connectivity index (χ3v) is 6.49. The van der Waals surface area contributed by atoms with Gasteiger partial charge in [0.05, 0.1) is 21.3 Å². The van der Waals surface area contributed by atoms with Gasteiger partial charge in [-0.3, -0.25) is 0 Å². The van der Waals surface area contributed by atoms with Crippen molar-refractivity contribution in [2.24, 2.45) is 4.99 Å². The summed E-state index contributed by atoms with van der Waals surface area (Å²) in [7, 11) is 4.82. The Kier molecular flexibility index (Phi) is 8.32. The zero-order valence-electron chi connectivity index (χ0n) is 23.0. The molecule has 0 spiro atoms. The Hall–Kier alpha value is -5.48. The van der Waals surface area contributed by atoms with Gasteiger partial charge in [-0.2, -0.15) is 5.26 Å². The van der Waals surface area contributed by atoms with Gasteiger partial charge in [0.25, 0.3) is 0 Å². The van der Waals surface area contributed by atoms with Gasteiger partial charge in [-0.25, -0.2) is 4.99 Å². The van der Waals surface area contributed by atoms with Crippen molar-refractivity contribution in [2.45, 2.75) is 6.61 Å². The van der Waals surface area contributed by atoms with E-state index in [1.165, 1.54) is 0 Å². The quantitative estimate of drug-likeness (QED) is 0.167. The molecule has 0 fully saturated rings. The lowest BCUT2D eigenvalue weighted by Crippen LogP contribution is -1.98. The van der Waals surface area contributed by atoms with Crippen molar-refractivity contribution in [3.63, 3.8) is 0 Å². The van der Waals surface area contributed by atoms with Gasteiger partial charge in [0.15, 0.2) is 11.5 Å². The standard InChI is InChI=1S/C34H28N2O5/c1-37-27-14-10-25(11-15-27)32-29(20-35)34(41-33(32)26-12-16-28(38-2)17-13-26)36-21-24-9-18-30(31(19-24)39-3)40-22-23-7-5-4-6-8-23/h4-19,21H,22H2,1-3H3. The summed E-state index contributed by atoms with van der Waals surface area (Å²) < 4.78 is 28.4. The maximum Gasteiger partial charge on any atom is 0.238 e. The van der Waals surface area contributed by atoms with E-state index in [4.69, 9.17) is 23.4 Å². The molecule has 0 aliphatic carbocycles. The fourth-order valence-corrected chi connectivity index (χ4v) is 4.34. The summed E-state index contributed by atoms with van der Waals surface area (Å²) >= 11 is 0. The fourth-order valence-electron chi connectivity index (χ4n) is 4.34. The lowest BCUT2D eigenvalue weighted by molar-refractivity contribution is 0.284. The van der Waals surface area contributed by atoms with Gasteiger partial charge in [0.2, 0.25) is 5.88 Å². The number of rotatable bonds is 10. The van der Waals surface area contributed by atoms with Crippen molar-refractivity contribution in [2.75, 3.05) is 21.3 Å². The first-order valence-corrected chi connectivity index (χ1v) is 12.9. The fraction of sp³-hybridized carbons (Fsp3) is 0.118. The molecule has 0 bridgehead atoms. The summed E-state index contributed by atoms with van der Waals surface area (Å²) in [5.41, 5.74) is 4.38. The summed E-state index contributed by atoms with van der Waals surface area (Å²) in [5, 5.41) is 10.2. The lowest BCUT2D eigenvalue weighted by Gasteiger charge is -2.11. The van der Waals surface area contributed by atoms with Crippen LogP contribution in [0.4, 0.5) is 5.88 Å². The highest BCUT2D eigenvalue weighted by Gasteiger charge is 2.23. The molecule has 0 unspecified atom stereocenters. The molecule has 5 aromatic rings. The van der Waals surface area contributed by atoms with Crippen molar-refractivity contribution >= 4 is 12.1 Å². The molecule has 0 aliphatic heterocycles. The number of nitrogens with zero attached hydrogens (tertiary/aromatic N) is 2. The van der Waals surface area contributed by atoms with E-state index in [0.29, 0.717) is 40.7 Å². The van der Waals surface area contributed by atoms with Crippen molar-refractivity contribution in [3.05, 3.63) is 114 Å². The molecular formula is C34H28N2O5. The van der Waals surface area contributed by atoms with Crippen LogP contribution in [0.15, 0.2) is 106 Å². The zero-order chi connectivity index (χ0) is 28.6. The van der Waals surface area contributed by atoms with Crippen LogP contribution in [0.2, 0.25) is 0 Å². The molecule has 0 radical (unpaired) electrons. The third-order valence-electron chi connectivity index (χ3n) is 6.49. The maximum absolute atomic E-state index is 10.2. The molecule has 1 aromatic heterocycles. The first-order chi connectivity index (χ1) is 20.1. The minimum atomic E-state index is 0.201. The highest BCUT2D eigenvalue weighted by Crippen LogP contribution is 2.43. The van der Waals surface area contributed by atoms with Crippen LogP contribution in [-0.4, -0.2) is 27.5 Å². The van der Waals surface area contributed by atoms with Gasteiger partial charge in [-0.15, -0.1) is 0 Å². The van der Waals surface area contributed by atoms with Crippen LogP contribution < -0.4 is 18.9 Å². The second-order valence-corrected chi connectivity index (χ2v) is 9.00. The summed E-state index contributed by atoms with van der Waals surface area (Å²) in [6, 6.07) is 32.7. The molecule has 0 atom stereocenters. The van der Waals surface area contributed by atoms with Crippen LogP contribution in [0.5, 0.6) is 23.0 Å². The van der Waals surface area contributed by atoms with E-state index in [1.807, 2.05) is 97.1 Å². The molecule has 0 saturated heterocycles. The first-order valence-electron chi connectivity index (χ1n) is 12.9. The summed E-state index contributed by atoms with van der Waals surface area (Å²) in [6.07, 6.45) is 1.64. The predicted molar refractivity (Wildman–Crippen MR) is 158 cm³/mol. The average Bonchev–Trinajstić information content (AvgIpc) is 3.42. The van der Waals surface area contributed by atoms with Crippen LogP contribution in [0, 0.1) is 11.3 Å². The Balaban J connectivity index is 1.49. The van der Waals surface area contributed by atoms with E-state index in [-0.39, 0.29) is 5.88 Å². The smallest absolute Gasteiger partial charge is 0.238 e. The number of ether oxygens (including phenoxy) is 4. The first kappa shape index (κ1) is 27.1.